The Morgan fingerprint density at radius 1 is 1.23 bits per heavy atom. The number of carbonyl (C=O) groups excluding carboxylic acids is 2. The van der Waals surface area contributed by atoms with Crippen LogP contribution in [-0.2, 0) is 4.79 Å². The fourth-order valence-corrected chi connectivity index (χ4v) is 4.00. The first kappa shape index (κ1) is 21.7. The fraction of sp³-hybridized carbons (Fsp3) is 0.435. The third kappa shape index (κ3) is 4.78. The van der Waals surface area contributed by atoms with Gasteiger partial charge in [0.25, 0.3) is 0 Å². The van der Waals surface area contributed by atoms with Gasteiger partial charge in [-0.1, -0.05) is 18.2 Å². The van der Waals surface area contributed by atoms with E-state index in [1.165, 1.54) is 12.1 Å². The van der Waals surface area contributed by atoms with Crippen molar-refractivity contribution >= 4 is 11.9 Å². The molecule has 1 fully saturated rings. The van der Waals surface area contributed by atoms with E-state index in [1.54, 1.807) is 35.2 Å². The van der Waals surface area contributed by atoms with Gasteiger partial charge in [-0.25, -0.2) is 9.18 Å². The average Bonchev–Trinajstić information content (AvgIpc) is 2.76. The Morgan fingerprint density at radius 2 is 1.90 bits per heavy atom. The molecular weight excluding hydrogens is 383 g/mol. The Morgan fingerprint density at radius 3 is 2.50 bits per heavy atom. The molecule has 0 spiro atoms. The zero-order chi connectivity index (χ0) is 21.7. The average molecular weight is 413 g/mol. The van der Waals surface area contributed by atoms with Gasteiger partial charge in [0.15, 0.2) is 0 Å². The molecule has 7 heteroatoms. The van der Waals surface area contributed by atoms with Crippen molar-refractivity contribution < 1.29 is 14.0 Å². The van der Waals surface area contributed by atoms with Crippen molar-refractivity contribution in [2.45, 2.75) is 32.7 Å². The summed E-state index contributed by atoms with van der Waals surface area (Å²) in [5, 5.41) is 2.81. The molecule has 0 radical (unpaired) electrons. The van der Waals surface area contributed by atoms with Crippen LogP contribution in [0.5, 0.6) is 0 Å². The summed E-state index contributed by atoms with van der Waals surface area (Å²) in [6, 6.07) is 9.56. The molecule has 2 aromatic rings. The van der Waals surface area contributed by atoms with E-state index in [0.29, 0.717) is 32.5 Å². The first-order chi connectivity index (χ1) is 14.4. The summed E-state index contributed by atoms with van der Waals surface area (Å²) in [7, 11) is 1.78. The number of amides is 3. The Labute approximate surface area is 177 Å². The molecule has 1 N–H and O–H groups in total. The Hall–Kier alpha value is -2.96. The highest BCUT2D eigenvalue weighted by Crippen LogP contribution is 2.31. The number of rotatable bonds is 5. The highest BCUT2D eigenvalue weighted by atomic mass is 19.1. The maximum atomic E-state index is 13.5. The summed E-state index contributed by atoms with van der Waals surface area (Å²) in [4.78, 5) is 33.4. The van der Waals surface area contributed by atoms with Gasteiger partial charge in [-0.15, -0.1) is 0 Å². The number of hydrogen-bond acceptors (Lipinski definition) is 3. The maximum absolute atomic E-state index is 13.5. The van der Waals surface area contributed by atoms with Gasteiger partial charge in [0.1, 0.15) is 5.82 Å². The van der Waals surface area contributed by atoms with E-state index in [4.69, 9.17) is 0 Å². The molecule has 1 aromatic carbocycles. The molecule has 0 aliphatic carbocycles. The number of hydrogen-bond donors (Lipinski definition) is 1. The minimum Gasteiger partial charge on any atom is -0.338 e. The third-order valence-electron chi connectivity index (χ3n) is 5.69. The molecule has 1 atom stereocenters. The Kier molecular flexibility index (Phi) is 7.03. The van der Waals surface area contributed by atoms with Gasteiger partial charge in [0.2, 0.25) is 5.91 Å². The largest absolute Gasteiger partial charge is 0.338 e. The second-order valence-corrected chi connectivity index (χ2v) is 7.71. The molecule has 1 aliphatic rings. The number of urea groups is 1. The van der Waals surface area contributed by atoms with E-state index in [1.807, 2.05) is 26.0 Å². The lowest BCUT2D eigenvalue weighted by atomic mass is 9.92. The minimum atomic E-state index is -0.402. The first-order valence-electron chi connectivity index (χ1n) is 10.4. The molecule has 30 heavy (non-hydrogen) atoms. The summed E-state index contributed by atoms with van der Waals surface area (Å²) in [5.41, 5.74) is 2.56. The van der Waals surface area contributed by atoms with Crippen LogP contribution < -0.4 is 5.32 Å². The predicted molar refractivity (Wildman–Crippen MR) is 113 cm³/mol. The summed E-state index contributed by atoms with van der Waals surface area (Å²) in [6.07, 6.45) is 2.96. The van der Waals surface area contributed by atoms with Crippen molar-refractivity contribution in [2.24, 2.45) is 5.92 Å². The second kappa shape index (κ2) is 9.69. The van der Waals surface area contributed by atoms with Gasteiger partial charge in [-0.2, -0.15) is 0 Å². The molecule has 0 saturated carbocycles. The number of nitrogens with zero attached hydrogens (tertiary/aromatic N) is 3. The zero-order valence-electron chi connectivity index (χ0n) is 17.8. The molecule has 1 aromatic heterocycles. The molecule has 3 rings (SSSR count). The molecule has 1 saturated heterocycles. The van der Waals surface area contributed by atoms with Crippen molar-refractivity contribution in [3.05, 3.63) is 65.2 Å². The quantitative estimate of drug-likeness (QED) is 0.817. The van der Waals surface area contributed by atoms with Gasteiger partial charge in [-0.3, -0.25) is 9.78 Å². The van der Waals surface area contributed by atoms with E-state index >= 15 is 0 Å². The van der Waals surface area contributed by atoms with Crippen LogP contribution in [0.4, 0.5) is 9.18 Å². The normalized spacial score (nSPS) is 15.5. The van der Waals surface area contributed by atoms with E-state index in [2.05, 4.69) is 10.3 Å². The summed E-state index contributed by atoms with van der Waals surface area (Å²) >= 11 is 0. The third-order valence-corrected chi connectivity index (χ3v) is 5.69. The van der Waals surface area contributed by atoms with Gasteiger partial charge in [0.05, 0.1) is 11.7 Å². The van der Waals surface area contributed by atoms with E-state index in [9.17, 15) is 14.0 Å². The lowest BCUT2D eigenvalue weighted by Crippen LogP contribution is -2.47. The number of halogens is 1. The van der Waals surface area contributed by atoms with Crippen LogP contribution in [0, 0.1) is 18.7 Å². The number of likely N-dealkylation sites (tertiary alicyclic amines) is 1. The molecule has 1 aliphatic heterocycles. The molecular formula is C23H29FN4O2. The highest BCUT2D eigenvalue weighted by molar-refractivity contribution is 5.80. The van der Waals surface area contributed by atoms with Crippen LogP contribution in [0.25, 0.3) is 0 Å². The maximum Gasteiger partial charge on any atom is 0.317 e. The summed E-state index contributed by atoms with van der Waals surface area (Å²) < 4.78 is 13.5. The molecule has 6 nitrogen and oxygen atoms in total. The van der Waals surface area contributed by atoms with Crippen LogP contribution in [-0.4, -0.2) is 53.4 Å². The standard InChI is InChI=1S/C23H29FN4O2/c1-4-25-23(30)28-14-11-18(12-15-28)22(29)27(3)21(17-7-9-19(24)10-8-17)20-16(2)6-5-13-26-20/h5-10,13,18,21H,4,11-12,14-15H2,1-3H3,(H,25,30). The first-order valence-corrected chi connectivity index (χ1v) is 10.4. The molecule has 3 amide bonds. The van der Waals surface area contributed by atoms with Crippen molar-refractivity contribution in [3.8, 4) is 0 Å². The summed E-state index contributed by atoms with van der Waals surface area (Å²) in [6.45, 7) is 5.54. The molecule has 0 bridgehead atoms. The van der Waals surface area contributed by atoms with E-state index < -0.39 is 6.04 Å². The SMILES string of the molecule is CCNC(=O)N1CCC(C(=O)N(C)C(c2ccc(F)cc2)c2ncccc2C)CC1. The lowest BCUT2D eigenvalue weighted by Gasteiger charge is -2.36. The van der Waals surface area contributed by atoms with Crippen molar-refractivity contribution in [2.75, 3.05) is 26.7 Å². The van der Waals surface area contributed by atoms with Crippen LogP contribution >= 0.6 is 0 Å². The second-order valence-electron chi connectivity index (χ2n) is 7.71. The molecule has 2 heterocycles. The monoisotopic (exact) mass is 412 g/mol. The van der Waals surface area contributed by atoms with Gasteiger partial charge < -0.3 is 15.1 Å². The number of aromatic nitrogens is 1. The molecule has 1 unspecified atom stereocenters. The van der Waals surface area contributed by atoms with Crippen LogP contribution in [0.15, 0.2) is 42.6 Å². The minimum absolute atomic E-state index is 0.0185. The topological polar surface area (TPSA) is 65.5 Å². The van der Waals surface area contributed by atoms with Crippen LogP contribution in [0.1, 0.15) is 42.6 Å². The Balaban J connectivity index is 1.80. The summed E-state index contributed by atoms with van der Waals surface area (Å²) in [5.74, 6) is -0.459. The van der Waals surface area contributed by atoms with Gasteiger partial charge in [-0.05, 0) is 56.0 Å². The van der Waals surface area contributed by atoms with Crippen molar-refractivity contribution in [1.29, 1.82) is 0 Å². The Bertz CT molecular complexity index is 879. The van der Waals surface area contributed by atoms with Crippen molar-refractivity contribution in [1.82, 2.24) is 20.1 Å². The van der Waals surface area contributed by atoms with Crippen LogP contribution in [0.2, 0.25) is 0 Å². The molecule has 160 valence electrons. The lowest BCUT2D eigenvalue weighted by molar-refractivity contribution is -0.137. The van der Waals surface area contributed by atoms with Gasteiger partial charge >= 0.3 is 6.03 Å². The number of piperidine rings is 1. The fourth-order valence-electron chi connectivity index (χ4n) is 4.00. The number of aryl methyl sites for hydroxylation is 1. The zero-order valence-corrected chi connectivity index (χ0v) is 17.8. The van der Waals surface area contributed by atoms with Crippen LogP contribution in [0.3, 0.4) is 0 Å². The smallest absolute Gasteiger partial charge is 0.317 e. The number of pyridine rings is 1. The predicted octanol–water partition coefficient (Wildman–Crippen LogP) is 3.52. The number of carbonyl (C=O) groups is 2. The number of nitrogens with one attached hydrogen (secondary N) is 1. The van der Waals surface area contributed by atoms with E-state index in [-0.39, 0.29) is 23.7 Å². The van der Waals surface area contributed by atoms with Gasteiger partial charge in [0, 0.05) is 38.8 Å². The number of benzene rings is 1. The van der Waals surface area contributed by atoms with Crippen molar-refractivity contribution in [3.63, 3.8) is 0 Å². The van der Waals surface area contributed by atoms with E-state index in [0.717, 1.165) is 16.8 Å². The highest BCUT2D eigenvalue weighted by Gasteiger charge is 2.33.